The Morgan fingerprint density at radius 3 is 1.47 bits per heavy atom. The molecule has 47 heavy (non-hydrogen) atoms. The molecule has 0 aliphatic heterocycles. The van der Waals surface area contributed by atoms with E-state index in [0.29, 0.717) is 0 Å². The molecule has 0 radical (unpaired) electrons. The molecule has 0 atom stereocenters. The largest absolute Gasteiger partial charge is 0.310 e. The second-order valence-electron chi connectivity index (χ2n) is 12.2. The van der Waals surface area contributed by atoms with Gasteiger partial charge in [0.15, 0.2) is 0 Å². The smallest absolute Gasteiger partial charge is 0.0468 e. The van der Waals surface area contributed by atoms with Crippen molar-refractivity contribution in [2.75, 3.05) is 4.90 Å². The second-order valence-corrected chi connectivity index (χ2v) is 12.2. The van der Waals surface area contributed by atoms with E-state index in [9.17, 15) is 0 Å². The third kappa shape index (κ3) is 4.81. The molecular formula is C46H31N. The van der Waals surface area contributed by atoms with E-state index in [-0.39, 0.29) is 0 Å². The number of anilines is 3. The number of benzene rings is 9. The van der Waals surface area contributed by atoms with Gasteiger partial charge in [-0.2, -0.15) is 0 Å². The van der Waals surface area contributed by atoms with E-state index in [0.717, 1.165) is 17.1 Å². The lowest BCUT2D eigenvalue weighted by molar-refractivity contribution is 1.29. The predicted octanol–water partition coefficient (Wildman–Crippen LogP) is 13.1. The first-order valence-electron chi connectivity index (χ1n) is 16.2. The van der Waals surface area contributed by atoms with E-state index in [4.69, 9.17) is 0 Å². The summed E-state index contributed by atoms with van der Waals surface area (Å²) in [5.74, 6) is 0. The first kappa shape index (κ1) is 27.2. The van der Waals surface area contributed by atoms with Crippen molar-refractivity contribution in [3.05, 3.63) is 188 Å². The molecule has 0 aliphatic rings. The molecule has 9 aromatic carbocycles. The highest BCUT2D eigenvalue weighted by Gasteiger charge is 2.15. The fourth-order valence-corrected chi connectivity index (χ4v) is 7.09. The van der Waals surface area contributed by atoms with Gasteiger partial charge in [-0.25, -0.2) is 0 Å². The zero-order chi connectivity index (χ0) is 31.2. The van der Waals surface area contributed by atoms with Crippen LogP contribution in [0.5, 0.6) is 0 Å². The Balaban J connectivity index is 1.20. The van der Waals surface area contributed by atoms with Crippen LogP contribution in [0.15, 0.2) is 188 Å². The molecule has 1 heteroatoms. The highest BCUT2D eigenvalue weighted by molar-refractivity contribution is 6.17. The van der Waals surface area contributed by atoms with E-state index in [2.05, 4.69) is 193 Å². The van der Waals surface area contributed by atoms with Crippen LogP contribution in [-0.4, -0.2) is 0 Å². The van der Waals surface area contributed by atoms with E-state index in [1.165, 1.54) is 65.3 Å². The molecule has 0 fully saturated rings. The zero-order valence-corrected chi connectivity index (χ0v) is 25.8. The molecule has 1 nitrogen and oxygen atoms in total. The van der Waals surface area contributed by atoms with Crippen LogP contribution in [0.3, 0.4) is 0 Å². The van der Waals surface area contributed by atoms with Crippen LogP contribution in [0.1, 0.15) is 0 Å². The van der Waals surface area contributed by atoms with Crippen molar-refractivity contribution in [3.8, 4) is 22.3 Å². The summed E-state index contributed by atoms with van der Waals surface area (Å²) in [6, 6.07) is 68.3. The van der Waals surface area contributed by atoms with E-state index < -0.39 is 0 Å². The summed E-state index contributed by atoms with van der Waals surface area (Å²) >= 11 is 0. The molecule has 0 aromatic heterocycles. The first-order valence-corrected chi connectivity index (χ1v) is 16.2. The fourth-order valence-electron chi connectivity index (χ4n) is 7.09. The normalized spacial score (nSPS) is 11.4. The van der Waals surface area contributed by atoms with Crippen LogP contribution in [0, 0.1) is 0 Å². The van der Waals surface area contributed by atoms with Gasteiger partial charge in [0.2, 0.25) is 0 Å². The van der Waals surface area contributed by atoms with E-state index in [1.54, 1.807) is 0 Å². The molecule has 0 N–H and O–H groups in total. The molecule has 0 unspecified atom stereocenters. The van der Waals surface area contributed by atoms with Gasteiger partial charge < -0.3 is 4.90 Å². The van der Waals surface area contributed by atoms with Gasteiger partial charge in [-0.3, -0.25) is 0 Å². The lowest BCUT2D eigenvalue weighted by Crippen LogP contribution is -2.09. The molecular weight excluding hydrogens is 567 g/mol. The average molecular weight is 598 g/mol. The maximum Gasteiger partial charge on any atom is 0.0468 e. The van der Waals surface area contributed by atoms with Crippen LogP contribution in [0.4, 0.5) is 17.1 Å². The number of hydrogen-bond acceptors (Lipinski definition) is 1. The Hall–Kier alpha value is -6.18. The maximum atomic E-state index is 2.38. The van der Waals surface area contributed by atoms with Crippen molar-refractivity contribution in [1.82, 2.24) is 0 Å². The van der Waals surface area contributed by atoms with Crippen molar-refractivity contribution >= 4 is 60.2 Å². The number of hydrogen-bond donors (Lipinski definition) is 0. The third-order valence-corrected chi connectivity index (χ3v) is 9.44. The molecule has 0 saturated heterocycles. The molecule has 0 spiro atoms. The van der Waals surface area contributed by atoms with Crippen LogP contribution >= 0.6 is 0 Å². The van der Waals surface area contributed by atoms with Crippen LogP contribution in [-0.2, 0) is 0 Å². The molecule has 0 amide bonds. The minimum Gasteiger partial charge on any atom is -0.310 e. The lowest BCUT2D eigenvalue weighted by atomic mass is 9.96. The van der Waals surface area contributed by atoms with Gasteiger partial charge >= 0.3 is 0 Å². The molecule has 0 heterocycles. The van der Waals surface area contributed by atoms with Crippen molar-refractivity contribution in [2.45, 2.75) is 0 Å². The van der Waals surface area contributed by atoms with Crippen molar-refractivity contribution < 1.29 is 0 Å². The summed E-state index contributed by atoms with van der Waals surface area (Å²) in [4.78, 5) is 2.38. The zero-order valence-electron chi connectivity index (χ0n) is 25.8. The summed E-state index contributed by atoms with van der Waals surface area (Å²) in [7, 11) is 0. The van der Waals surface area contributed by atoms with Crippen LogP contribution in [0.25, 0.3) is 65.3 Å². The fraction of sp³-hybridized carbons (Fsp3) is 0. The van der Waals surface area contributed by atoms with Gasteiger partial charge in [-0.1, -0.05) is 152 Å². The molecule has 0 bridgehead atoms. The minimum atomic E-state index is 1.12. The lowest BCUT2D eigenvalue weighted by Gasteiger charge is -2.26. The predicted molar refractivity (Wildman–Crippen MR) is 202 cm³/mol. The summed E-state index contributed by atoms with van der Waals surface area (Å²) in [6.07, 6.45) is 0. The SMILES string of the molecule is c1ccc(-c2ccc(N(c3ccc(-c4cccc5ccccc45)cc3)c3ccc4ccc5c6ccccc6ccc5c4c3)cc2)cc1. The molecule has 220 valence electrons. The Morgan fingerprint density at radius 1 is 0.255 bits per heavy atom. The van der Waals surface area contributed by atoms with Gasteiger partial charge in [-0.15, -0.1) is 0 Å². The number of fused-ring (bicyclic) bond motifs is 6. The third-order valence-electron chi connectivity index (χ3n) is 9.44. The van der Waals surface area contributed by atoms with Gasteiger partial charge in [0.05, 0.1) is 0 Å². The Morgan fingerprint density at radius 2 is 0.745 bits per heavy atom. The maximum absolute atomic E-state index is 2.38. The average Bonchev–Trinajstić information content (AvgIpc) is 3.15. The first-order chi connectivity index (χ1) is 23.3. The van der Waals surface area contributed by atoms with Crippen molar-refractivity contribution in [3.63, 3.8) is 0 Å². The monoisotopic (exact) mass is 597 g/mol. The summed E-state index contributed by atoms with van der Waals surface area (Å²) in [5, 5.41) is 10.1. The second kappa shape index (κ2) is 11.3. The summed E-state index contributed by atoms with van der Waals surface area (Å²) in [6.45, 7) is 0. The number of rotatable bonds is 5. The van der Waals surface area contributed by atoms with Crippen molar-refractivity contribution in [1.29, 1.82) is 0 Å². The molecule has 9 aromatic rings. The molecule has 0 saturated carbocycles. The topological polar surface area (TPSA) is 3.24 Å². The Bertz CT molecular complexity index is 2540. The van der Waals surface area contributed by atoms with Crippen molar-refractivity contribution in [2.24, 2.45) is 0 Å². The standard InChI is InChI=1S/C46H31N/c1-2-9-32(10-3-1)33-17-24-38(25-18-33)47(39-26-19-36(20-27-39)42-16-8-13-34-11-4-6-14-41(34)42)40-28-21-37-23-29-44-43-15-7-5-12-35(43)22-30-45(44)46(37)31-40/h1-31H. The summed E-state index contributed by atoms with van der Waals surface area (Å²) in [5.41, 5.74) is 8.24. The molecule has 0 aliphatic carbocycles. The quantitative estimate of drug-likeness (QED) is 0.178. The van der Waals surface area contributed by atoms with Gasteiger partial charge in [0, 0.05) is 17.1 Å². The minimum absolute atomic E-state index is 1.12. The number of nitrogens with zero attached hydrogens (tertiary/aromatic N) is 1. The van der Waals surface area contributed by atoms with Gasteiger partial charge in [0.25, 0.3) is 0 Å². The Kier molecular flexibility index (Phi) is 6.54. The van der Waals surface area contributed by atoms with Gasteiger partial charge in [-0.05, 0) is 102 Å². The van der Waals surface area contributed by atoms with E-state index >= 15 is 0 Å². The van der Waals surface area contributed by atoms with Crippen LogP contribution < -0.4 is 4.90 Å². The Labute approximate surface area is 274 Å². The van der Waals surface area contributed by atoms with Gasteiger partial charge in [0.1, 0.15) is 0 Å². The van der Waals surface area contributed by atoms with Crippen LogP contribution in [0.2, 0.25) is 0 Å². The molecule has 9 rings (SSSR count). The van der Waals surface area contributed by atoms with E-state index in [1.807, 2.05) is 0 Å². The highest BCUT2D eigenvalue weighted by atomic mass is 15.1. The highest BCUT2D eigenvalue weighted by Crippen LogP contribution is 2.40. The summed E-state index contributed by atoms with van der Waals surface area (Å²) < 4.78 is 0.